The van der Waals surface area contributed by atoms with E-state index in [0.717, 1.165) is 18.0 Å². The van der Waals surface area contributed by atoms with E-state index in [4.69, 9.17) is 5.73 Å². The highest BCUT2D eigenvalue weighted by Crippen LogP contribution is 2.29. The molecule has 0 amide bonds. The molecule has 1 aliphatic rings. The molecule has 0 radical (unpaired) electrons. The van der Waals surface area contributed by atoms with Gasteiger partial charge in [0.25, 0.3) is 0 Å². The second kappa shape index (κ2) is 6.20. The Bertz CT molecular complexity index is 399. The summed E-state index contributed by atoms with van der Waals surface area (Å²) in [5.74, 6) is -0.345. The van der Waals surface area contributed by atoms with Crippen LogP contribution in [0.5, 0.6) is 0 Å². The van der Waals surface area contributed by atoms with E-state index in [9.17, 15) is 4.79 Å². The van der Waals surface area contributed by atoms with Crippen LogP contribution < -0.4 is 10.6 Å². The fourth-order valence-corrected chi connectivity index (χ4v) is 3.33. The van der Waals surface area contributed by atoms with Crippen molar-refractivity contribution < 1.29 is 9.53 Å². The van der Waals surface area contributed by atoms with Crippen molar-refractivity contribution in [2.24, 2.45) is 5.73 Å². The Balaban J connectivity index is 1.95. The van der Waals surface area contributed by atoms with Gasteiger partial charge in [-0.25, -0.2) is 0 Å². The molecule has 1 saturated heterocycles. The van der Waals surface area contributed by atoms with E-state index >= 15 is 0 Å². The number of methoxy groups -OCH3 is 1. The van der Waals surface area contributed by atoms with Crippen LogP contribution in [-0.4, -0.2) is 32.2 Å². The molecule has 2 N–H and O–H groups in total. The largest absolute Gasteiger partial charge is 0.468 e. The first-order chi connectivity index (χ1) is 8.70. The third-order valence-electron chi connectivity index (χ3n) is 3.24. The molecule has 2 heterocycles. The Kier molecular flexibility index (Phi) is 4.60. The standard InChI is InChI=1S/C13H20N2O2S/c1-17-13(16)11(14)9-10-5-6-12(18-10)15-7-3-2-4-8-15/h5-6,11H,2-4,7-9,14H2,1H3. The lowest BCUT2D eigenvalue weighted by Crippen LogP contribution is -2.33. The summed E-state index contributed by atoms with van der Waals surface area (Å²) >= 11 is 1.73. The van der Waals surface area contributed by atoms with Crippen LogP contribution in [0.2, 0.25) is 0 Å². The van der Waals surface area contributed by atoms with Crippen molar-refractivity contribution in [1.29, 1.82) is 0 Å². The van der Waals surface area contributed by atoms with Crippen molar-refractivity contribution in [3.8, 4) is 0 Å². The number of ether oxygens (including phenoxy) is 1. The summed E-state index contributed by atoms with van der Waals surface area (Å²) in [6.45, 7) is 2.28. The summed E-state index contributed by atoms with van der Waals surface area (Å²) in [6, 6.07) is 3.65. The number of carbonyl (C=O) groups excluding carboxylic acids is 1. The molecular formula is C13H20N2O2S. The number of nitrogens with zero attached hydrogens (tertiary/aromatic N) is 1. The second-order valence-corrected chi connectivity index (χ2v) is 5.77. The van der Waals surface area contributed by atoms with Crippen molar-refractivity contribution in [3.63, 3.8) is 0 Å². The summed E-state index contributed by atoms with van der Waals surface area (Å²) in [5.41, 5.74) is 5.77. The highest BCUT2D eigenvalue weighted by molar-refractivity contribution is 7.16. The average Bonchev–Trinajstić information content (AvgIpc) is 2.87. The van der Waals surface area contributed by atoms with Crippen molar-refractivity contribution in [1.82, 2.24) is 0 Å². The second-order valence-electron chi connectivity index (χ2n) is 4.62. The minimum atomic E-state index is -0.553. The Labute approximate surface area is 112 Å². The molecule has 18 heavy (non-hydrogen) atoms. The maximum Gasteiger partial charge on any atom is 0.323 e. The molecule has 1 aromatic heterocycles. The zero-order valence-electron chi connectivity index (χ0n) is 10.7. The number of carbonyl (C=O) groups is 1. The van der Waals surface area contributed by atoms with E-state index in [1.807, 2.05) is 0 Å². The Morgan fingerprint density at radius 2 is 2.17 bits per heavy atom. The highest BCUT2D eigenvalue weighted by atomic mass is 32.1. The summed E-state index contributed by atoms with van der Waals surface area (Å²) in [4.78, 5) is 14.8. The molecule has 2 rings (SSSR count). The van der Waals surface area contributed by atoms with Crippen LogP contribution in [-0.2, 0) is 16.0 Å². The van der Waals surface area contributed by atoms with Crippen LogP contribution in [0.3, 0.4) is 0 Å². The van der Waals surface area contributed by atoms with Crippen molar-refractivity contribution in [2.75, 3.05) is 25.1 Å². The Morgan fingerprint density at radius 1 is 1.44 bits per heavy atom. The van der Waals surface area contributed by atoms with Crippen LogP contribution in [0.15, 0.2) is 12.1 Å². The first kappa shape index (κ1) is 13.4. The maximum atomic E-state index is 11.3. The van der Waals surface area contributed by atoms with Crippen LogP contribution in [0.1, 0.15) is 24.1 Å². The Hall–Kier alpha value is -1.07. The van der Waals surface area contributed by atoms with Gasteiger partial charge in [-0.15, -0.1) is 11.3 Å². The van der Waals surface area contributed by atoms with E-state index < -0.39 is 6.04 Å². The minimum absolute atomic E-state index is 0.345. The number of piperidine rings is 1. The van der Waals surface area contributed by atoms with Gasteiger partial charge in [-0.3, -0.25) is 4.79 Å². The number of anilines is 1. The normalized spacial score (nSPS) is 17.6. The number of esters is 1. The van der Waals surface area contributed by atoms with Gasteiger partial charge in [0.1, 0.15) is 6.04 Å². The summed E-state index contributed by atoms with van der Waals surface area (Å²) < 4.78 is 4.64. The maximum absolute atomic E-state index is 11.3. The topological polar surface area (TPSA) is 55.6 Å². The SMILES string of the molecule is COC(=O)C(N)Cc1ccc(N2CCCCC2)s1. The van der Waals surface area contributed by atoms with Crippen LogP contribution in [0, 0.1) is 0 Å². The van der Waals surface area contributed by atoms with Crippen molar-refractivity contribution >= 4 is 22.3 Å². The van der Waals surface area contributed by atoms with E-state index in [-0.39, 0.29) is 5.97 Å². The Morgan fingerprint density at radius 3 is 2.83 bits per heavy atom. The molecule has 1 fully saturated rings. The zero-order chi connectivity index (χ0) is 13.0. The quantitative estimate of drug-likeness (QED) is 0.846. The fourth-order valence-electron chi connectivity index (χ4n) is 2.21. The minimum Gasteiger partial charge on any atom is -0.468 e. The molecule has 0 aliphatic carbocycles. The molecule has 5 heteroatoms. The van der Waals surface area contributed by atoms with Gasteiger partial charge in [0, 0.05) is 24.4 Å². The highest BCUT2D eigenvalue weighted by Gasteiger charge is 2.17. The first-order valence-corrected chi connectivity index (χ1v) is 7.19. The smallest absolute Gasteiger partial charge is 0.323 e. The molecule has 0 aromatic carbocycles. The molecule has 1 unspecified atom stereocenters. The summed E-state index contributed by atoms with van der Waals surface area (Å²) in [5, 5.41) is 1.29. The fraction of sp³-hybridized carbons (Fsp3) is 0.615. The van der Waals surface area contributed by atoms with Crippen LogP contribution in [0.25, 0.3) is 0 Å². The van der Waals surface area contributed by atoms with Gasteiger partial charge < -0.3 is 15.4 Å². The molecule has 100 valence electrons. The van der Waals surface area contributed by atoms with E-state index in [2.05, 4.69) is 21.8 Å². The number of rotatable bonds is 4. The molecule has 4 nitrogen and oxygen atoms in total. The first-order valence-electron chi connectivity index (χ1n) is 6.38. The molecule has 0 bridgehead atoms. The average molecular weight is 268 g/mol. The number of hydrogen-bond donors (Lipinski definition) is 1. The van der Waals surface area contributed by atoms with Gasteiger partial charge in [-0.1, -0.05) is 0 Å². The van der Waals surface area contributed by atoms with Gasteiger partial charge in [-0.05, 0) is 31.4 Å². The number of thiophene rings is 1. The lowest BCUT2D eigenvalue weighted by Gasteiger charge is -2.27. The van der Waals surface area contributed by atoms with E-state index in [1.165, 1.54) is 31.4 Å². The van der Waals surface area contributed by atoms with Gasteiger partial charge in [0.15, 0.2) is 0 Å². The van der Waals surface area contributed by atoms with E-state index in [1.54, 1.807) is 11.3 Å². The molecule has 0 saturated carbocycles. The van der Waals surface area contributed by atoms with Crippen molar-refractivity contribution in [3.05, 3.63) is 17.0 Å². The van der Waals surface area contributed by atoms with Gasteiger partial charge >= 0.3 is 5.97 Å². The van der Waals surface area contributed by atoms with E-state index in [0.29, 0.717) is 6.42 Å². The predicted molar refractivity (Wildman–Crippen MR) is 74.1 cm³/mol. The van der Waals surface area contributed by atoms with Gasteiger partial charge in [0.2, 0.25) is 0 Å². The number of nitrogens with two attached hydrogens (primary N) is 1. The monoisotopic (exact) mass is 268 g/mol. The lowest BCUT2D eigenvalue weighted by atomic mass is 10.1. The summed E-state index contributed by atoms with van der Waals surface area (Å²) in [7, 11) is 1.37. The van der Waals surface area contributed by atoms with Gasteiger partial charge in [-0.2, -0.15) is 0 Å². The third kappa shape index (κ3) is 3.23. The molecule has 1 atom stereocenters. The van der Waals surface area contributed by atoms with Crippen LogP contribution >= 0.6 is 11.3 Å². The summed E-state index contributed by atoms with van der Waals surface area (Å²) in [6.07, 6.45) is 4.44. The van der Waals surface area contributed by atoms with Crippen LogP contribution in [0.4, 0.5) is 5.00 Å². The predicted octanol–water partition coefficient (Wildman–Crippen LogP) is 1.78. The third-order valence-corrected chi connectivity index (χ3v) is 4.41. The zero-order valence-corrected chi connectivity index (χ0v) is 11.5. The molecule has 1 aliphatic heterocycles. The lowest BCUT2D eigenvalue weighted by molar-refractivity contribution is -0.142. The van der Waals surface area contributed by atoms with Crippen molar-refractivity contribution in [2.45, 2.75) is 31.7 Å². The molecule has 1 aromatic rings. The molecule has 0 spiro atoms. The number of hydrogen-bond acceptors (Lipinski definition) is 5. The van der Waals surface area contributed by atoms with Gasteiger partial charge in [0.05, 0.1) is 12.1 Å². The molecular weight excluding hydrogens is 248 g/mol.